The average molecular weight is 380 g/mol. The number of thiophene rings is 1. The highest BCUT2D eigenvalue weighted by Gasteiger charge is 2.08. The molecule has 112 valence electrons. The van der Waals surface area contributed by atoms with Gasteiger partial charge in [-0.15, -0.1) is 11.3 Å². The highest BCUT2D eigenvalue weighted by molar-refractivity contribution is 9.10. The molecule has 2 heterocycles. The van der Waals surface area contributed by atoms with Gasteiger partial charge >= 0.3 is 0 Å². The number of nitrogens with zero attached hydrogens (tertiary/aromatic N) is 3. The van der Waals surface area contributed by atoms with Gasteiger partial charge in [-0.3, -0.25) is 4.79 Å². The summed E-state index contributed by atoms with van der Waals surface area (Å²) in [6, 6.07) is 6.47. The zero-order valence-electron chi connectivity index (χ0n) is 11.6. The van der Waals surface area contributed by atoms with E-state index in [1.165, 1.54) is 29.9 Å². The second-order valence-corrected chi connectivity index (χ2v) is 6.62. The number of aryl methyl sites for hydroxylation is 1. The van der Waals surface area contributed by atoms with Gasteiger partial charge in [0.15, 0.2) is 0 Å². The fourth-order valence-corrected chi connectivity index (χ4v) is 3.21. The van der Waals surface area contributed by atoms with Crippen molar-refractivity contribution < 1.29 is 4.39 Å². The summed E-state index contributed by atoms with van der Waals surface area (Å²) in [6.45, 7) is 2.03. The van der Waals surface area contributed by atoms with Gasteiger partial charge in [0.05, 0.1) is 11.6 Å². The summed E-state index contributed by atoms with van der Waals surface area (Å²) in [5, 5.41) is 4.56. The maximum Gasteiger partial charge on any atom is 0.282 e. The van der Waals surface area contributed by atoms with E-state index in [0.29, 0.717) is 20.3 Å². The molecule has 0 N–H and O–H groups in total. The van der Waals surface area contributed by atoms with Crippen molar-refractivity contribution >= 4 is 43.7 Å². The molecule has 0 saturated carbocycles. The van der Waals surface area contributed by atoms with Gasteiger partial charge in [-0.05, 0) is 30.7 Å². The molecule has 2 aromatic heterocycles. The molecule has 0 atom stereocenters. The molecule has 0 aliphatic heterocycles. The Labute approximate surface area is 138 Å². The fraction of sp³-hybridized carbons (Fsp3) is 0.133. The van der Waals surface area contributed by atoms with Crippen LogP contribution in [-0.2, 0) is 6.42 Å². The maximum absolute atomic E-state index is 13.7. The molecule has 3 rings (SSSR count). The van der Waals surface area contributed by atoms with Crippen LogP contribution >= 0.6 is 27.3 Å². The average Bonchev–Trinajstić information content (AvgIpc) is 2.92. The lowest BCUT2D eigenvalue weighted by Crippen LogP contribution is -2.16. The van der Waals surface area contributed by atoms with Crippen LogP contribution in [0.25, 0.3) is 10.2 Å². The van der Waals surface area contributed by atoms with Crippen LogP contribution in [0, 0.1) is 5.82 Å². The summed E-state index contributed by atoms with van der Waals surface area (Å²) < 4.78 is 15.5. The Morgan fingerprint density at radius 1 is 1.45 bits per heavy atom. The summed E-state index contributed by atoms with van der Waals surface area (Å²) in [6.07, 6.45) is 3.52. The molecule has 1 aromatic carbocycles. The van der Waals surface area contributed by atoms with E-state index in [2.05, 4.69) is 26.0 Å². The zero-order chi connectivity index (χ0) is 15.7. The van der Waals surface area contributed by atoms with E-state index in [1.54, 1.807) is 12.1 Å². The highest BCUT2D eigenvalue weighted by Crippen LogP contribution is 2.21. The van der Waals surface area contributed by atoms with Crippen molar-refractivity contribution in [3.63, 3.8) is 0 Å². The number of fused-ring (bicyclic) bond motifs is 1. The lowest BCUT2D eigenvalue weighted by atomic mass is 10.2. The van der Waals surface area contributed by atoms with Crippen molar-refractivity contribution in [1.82, 2.24) is 9.66 Å². The fourth-order valence-electron chi connectivity index (χ4n) is 1.95. The standard InChI is InChI=1S/C15H11BrFN3OS/c1-2-11-6-12-14(22-11)18-8-20(15(12)21)19-7-9-3-4-10(16)5-13(9)17/h3-8H,2H2,1H3/b19-7-. The highest BCUT2D eigenvalue weighted by atomic mass is 79.9. The number of rotatable bonds is 3. The van der Waals surface area contributed by atoms with Crippen LogP contribution in [0.4, 0.5) is 4.39 Å². The van der Waals surface area contributed by atoms with Crippen molar-refractivity contribution in [2.24, 2.45) is 5.10 Å². The van der Waals surface area contributed by atoms with E-state index >= 15 is 0 Å². The van der Waals surface area contributed by atoms with Gasteiger partial charge in [-0.1, -0.05) is 22.9 Å². The topological polar surface area (TPSA) is 47.2 Å². The number of hydrogen-bond donors (Lipinski definition) is 0. The van der Waals surface area contributed by atoms with E-state index in [-0.39, 0.29) is 5.56 Å². The van der Waals surface area contributed by atoms with Gasteiger partial charge in [0.2, 0.25) is 0 Å². The van der Waals surface area contributed by atoms with Gasteiger partial charge < -0.3 is 0 Å². The van der Waals surface area contributed by atoms with Crippen LogP contribution in [0.3, 0.4) is 0 Å². The van der Waals surface area contributed by atoms with Gasteiger partial charge in [-0.25, -0.2) is 9.37 Å². The van der Waals surface area contributed by atoms with Gasteiger partial charge in [-0.2, -0.15) is 9.78 Å². The summed E-state index contributed by atoms with van der Waals surface area (Å²) in [7, 11) is 0. The van der Waals surface area contributed by atoms with Crippen LogP contribution in [0.1, 0.15) is 17.4 Å². The van der Waals surface area contributed by atoms with Crippen molar-refractivity contribution in [1.29, 1.82) is 0 Å². The molecule has 0 saturated heterocycles. The summed E-state index contributed by atoms with van der Waals surface area (Å²) in [4.78, 5) is 18.4. The Morgan fingerprint density at radius 3 is 3.00 bits per heavy atom. The molecule has 7 heteroatoms. The van der Waals surface area contributed by atoms with Crippen LogP contribution in [0.2, 0.25) is 0 Å². The van der Waals surface area contributed by atoms with Crippen molar-refractivity contribution in [2.45, 2.75) is 13.3 Å². The molecular formula is C15H11BrFN3OS. The Morgan fingerprint density at radius 2 is 2.27 bits per heavy atom. The van der Waals surface area contributed by atoms with Crippen molar-refractivity contribution in [3.8, 4) is 0 Å². The molecule has 0 bridgehead atoms. The minimum absolute atomic E-state index is 0.255. The number of hydrogen-bond acceptors (Lipinski definition) is 4. The first-order valence-electron chi connectivity index (χ1n) is 6.58. The van der Waals surface area contributed by atoms with E-state index in [4.69, 9.17) is 0 Å². The van der Waals surface area contributed by atoms with Crippen molar-refractivity contribution in [2.75, 3.05) is 0 Å². The quantitative estimate of drug-likeness (QED) is 0.649. The number of aromatic nitrogens is 2. The monoisotopic (exact) mass is 379 g/mol. The molecule has 0 amide bonds. The largest absolute Gasteiger partial charge is 0.282 e. The number of benzene rings is 1. The smallest absolute Gasteiger partial charge is 0.267 e. The molecule has 3 aromatic rings. The Bertz CT molecular complexity index is 932. The molecule has 22 heavy (non-hydrogen) atoms. The molecule has 4 nitrogen and oxygen atoms in total. The third kappa shape index (κ3) is 2.86. The summed E-state index contributed by atoms with van der Waals surface area (Å²) >= 11 is 4.69. The first-order chi connectivity index (χ1) is 10.6. The second kappa shape index (κ2) is 6.10. The molecule has 0 aliphatic carbocycles. The van der Waals surface area contributed by atoms with Crippen LogP contribution in [-0.4, -0.2) is 15.9 Å². The predicted octanol–water partition coefficient (Wildman–Crippen LogP) is 3.80. The second-order valence-electron chi connectivity index (χ2n) is 4.59. The minimum Gasteiger partial charge on any atom is -0.267 e. The lowest BCUT2D eigenvalue weighted by molar-refractivity contribution is 0.624. The van der Waals surface area contributed by atoms with Crippen LogP contribution in [0.15, 0.2) is 45.0 Å². The molecule has 0 unspecified atom stereocenters. The summed E-state index contributed by atoms with van der Waals surface area (Å²) in [5.41, 5.74) is 0.0458. The Balaban J connectivity index is 2.01. The minimum atomic E-state index is -0.413. The summed E-state index contributed by atoms with van der Waals surface area (Å²) in [5.74, 6) is -0.413. The first kappa shape index (κ1) is 15.1. The van der Waals surface area contributed by atoms with Crippen molar-refractivity contribution in [3.05, 3.63) is 61.7 Å². The van der Waals surface area contributed by atoms with E-state index in [9.17, 15) is 9.18 Å². The lowest BCUT2D eigenvalue weighted by Gasteiger charge is -1.99. The molecule has 0 aliphatic rings. The van der Waals surface area contributed by atoms with Gasteiger partial charge in [0, 0.05) is 14.9 Å². The van der Waals surface area contributed by atoms with E-state index in [1.807, 2.05) is 13.0 Å². The molecule has 0 radical (unpaired) electrons. The third-order valence-corrected chi connectivity index (χ3v) is 4.80. The van der Waals surface area contributed by atoms with E-state index < -0.39 is 5.82 Å². The van der Waals surface area contributed by atoms with Gasteiger partial charge in [0.1, 0.15) is 17.0 Å². The zero-order valence-corrected chi connectivity index (χ0v) is 14.0. The SMILES string of the molecule is CCc1cc2c(=O)n(/N=C\c3ccc(Br)cc3F)cnc2s1. The van der Waals surface area contributed by atoms with Crippen LogP contribution in [0.5, 0.6) is 0 Å². The normalized spacial score (nSPS) is 11.6. The first-order valence-corrected chi connectivity index (χ1v) is 8.19. The predicted molar refractivity (Wildman–Crippen MR) is 90.4 cm³/mol. The maximum atomic E-state index is 13.7. The van der Waals surface area contributed by atoms with Gasteiger partial charge in [0.25, 0.3) is 5.56 Å². The van der Waals surface area contributed by atoms with E-state index in [0.717, 1.165) is 16.0 Å². The number of halogens is 2. The third-order valence-electron chi connectivity index (χ3n) is 3.12. The Kier molecular flexibility index (Phi) is 4.17. The molecule has 0 fully saturated rings. The molecule has 0 spiro atoms. The van der Waals surface area contributed by atoms with Crippen LogP contribution < -0.4 is 5.56 Å². The molecular weight excluding hydrogens is 369 g/mol. The Hall–Kier alpha value is -1.86.